The van der Waals surface area contributed by atoms with Crippen molar-refractivity contribution in [3.05, 3.63) is 83.7 Å². The van der Waals surface area contributed by atoms with Gasteiger partial charge in [0.15, 0.2) is 0 Å². The summed E-state index contributed by atoms with van der Waals surface area (Å²) in [7, 11) is 1.31. The van der Waals surface area contributed by atoms with Crippen molar-refractivity contribution in [1.29, 1.82) is 5.26 Å². The summed E-state index contributed by atoms with van der Waals surface area (Å²) < 4.78 is 4.64. The lowest BCUT2D eigenvalue weighted by Crippen LogP contribution is -2.13. The number of hydrogen-bond donors (Lipinski definition) is 2. The zero-order chi connectivity index (χ0) is 19.9. The van der Waals surface area contributed by atoms with Crippen molar-refractivity contribution in [1.82, 2.24) is 4.98 Å². The molecule has 0 bridgehead atoms. The second-order valence-electron chi connectivity index (χ2n) is 5.77. The number of amides is 1. The summed E-state index contributed by atoms with van der Waals surface area (Å²) in [6, 6.07) is 18.8. The number of rotatable bonds is 5. The summed E-state index contributed by atoms with van der Waals surface area (Å²) in [5.41, 5.74) is 3.17. The van der Waals surface area contributed by atoms with Crippen LogP contribution in [-0.2, 0) is 4.74 Å². The maximum atomic E-state index is 12.3. The smallest absolute Gasteiger partial charge is 0.337 e. The molecule has 7 heteroatoms. The van der Waals surface area contributed by atoms with E-state index in [-0.39, 0.29) is 11.6 Å². The molecule has 2 N–H and O–H groups in total. The molecule has 0 atom stereocenters. The number of pyridine rings is 1. The highest BCUT2D eigenvalue weighted by Gasteiger charge is 2.09. The van der Waals surface area contributed by atoms with Crippen molar-refractivity contribution in [3.8, 4) is 6.07 Å². The Morgan fingerprint density at radius 1 is 1.00 bits per heavy atom. The van der Waals surface area contributed by atoms with Gasteiger partial charge in [-0.1, -0.05) is 6.07 Å². The van der Waals surface area contributed by atoms with E-state index in [1.54, 1.807) is 54.6 Å². The predicted molar refractivity (Wildman–Crippen MR) is 104 cm³/mol. The summed E-state index contributed by atoms with van der Waals surface area (Å²) in [5, 5.41) is 14.8. The van der Waals surface area contributed by atoms with Crippen LogP contribution < -0.4 is 10.6 Å². The minimum atomic E-state index is -0.442. The fraction of sp³-hybridized carbons (Fsp3) is 0.0476. The third-order valence-corrected chi connectivity index (χ3v) is 3.84. The molecule has 0 aliphatic rings. The molecular formula is C21H16N4O3. The summed E-state index contributed by atoms with van der Waals surface area (Å²) in [6.07, 6.45) is 1.54. The van der Waals surface area contributed by atoms with Crippen molar-refractivity contribution in [2.75, 3.05) is 17.7 Å². The molecule has 0 saturated carbocycles. The van der Waals surface area contributed by atoms with E-state index >= 15 is 0 Å². The number of nitrogens with one attached hydrogen (secondary N) is 2. The van der Waals surface area contributed by atoms with Gasteiger partial charge in [-0.2, -0.15) is 5.26 Å². The molecule has 0 fully saturated rings. The number of aromatic nitrogens is 1. The second kappa shape index (κ2) is 8.47. The average molecular weight is 372 g/mol. The Balaban J connectivity index is 1.65. The maximum Gasteiger partial charge on any atom is 0.337 e. The monoisotopic (exact) mass is 372 g/mol. The Morgan fingerprint density at radius 3 is 2.39 bits per heavy atom. The van der Waals surface area contributed by atoms with E-state index in [9.17, 15) is 9.59 Å². The standard InChI is InChI=1S/C21H16N4O3/c1-28-21(27)15-5-7-16(8-6-15)25-20(26)19-10-9-18(13-23-19)24-17-4-2-3-14(11-17)12-22/h2-11,13,24H,1H3,(H,25,26). The molecule has 2 aromatic carbocycles. The lowest BCUT2D eigenvalue weighted by Gasteiger charge is -2.08. The predicted octanol–water partition coefficient (Wildman–Crippen LogP) is 3.74. The lowest BCUT2D eigenvalue weighted by molar-refractivity contribution is 0.0600. The van der Waals surface area contributed by atoms with Crippen LogP contribution in [0, 0.1) is 11.3 Å². The number of benzene rings is 2. The van der Waals surface area contributed by atoms with Gasteiger partial charge in [0.2, 0.25) is 0 Å². The van der Waals surface area contributed by atoms with Gasteiger partial charge in [0.05, 0.1) is 36.2 Å². The van der Waals surface area contributed by atoms with Gasteiger partial charge in [-0.25, -0.2) is 9.78 Å². The third kappa shape index (κ3) is 4.51. The van der Waals surface area contributed by atoms with Crippen LogP contribution in [0.1, 0.15) is 26.4 Å². The van der Waals surface area contributed by atoms with Crippen molar-refractivity contribution in [2.45, 2.75) is 0 Å². The molecule has 1 amide bonds. The van der Waals surface area contributed by atoms with Crippen LogP contribution in [0.2, 0.25) is 0 Å². The number of nitrogens with zero attached hydrogens (tertiary/aromatic N) is 2. The van der Waals surface area contributed by atoms with Crippen molar-refractivity contribution >= 4 is 28.9 Å². The number of ether oxygens (including phenoxy) is 1. The van der Waals surface area contributed by atoms with Crippen LogP contribution in [0.4, 0.5) is 17.1 Å². The first-order chi connectivity index (χ1) is 13.6. The molecule has 7 nitrogen and oxygen atoms in total. The van der Waals surface area contributed by atoms with Gasteiger partial charge in [0, 0.05) is 11.4 Å². The zero-order valence-electron chi connectivity index (χ0n) is 15.0. The zero-order valence-corrected chi connectivity index (χ0v) is 15.0. The van der Waals surface area contributed by atoms with E-state index in [0.29, 0.717) is 22.5 Å². The first kappa shape index (κ1) is 18.6. The van der Waals surface area contributed by atoms with Crippen LogP contribution in [0.25, 0.3) is 0 Å². The molecule has 3 rings (SSSR count). The highest BCUT2D eigenvalue weighted by atomic mass is 16.5. The summed E-state index contributed by atoms with van der Waals surface area (Å²) in [5.74, 6) is -0.813. The number of carbonyl (C=O) groups excluding carboxylic acids is 2. The first-order valence-electron chi connectivity index (χ1n) is 8.32. The Morgan fingerprint density at radius 2 is 1.75 bits per heavy atom. The number of nitriles is 1. The van der Waals surface area contributed by atoms with Gasteiger partial charge in [-0.05, 0) is 54.6 Å². The molecule has 0 spiro atoms. The summed E-state index contributed by atoms with van der Waals surface area (Å²) >= 11 is 0. The quantitative estimate of drug-likeness (QED) is 0.661. The highest BCUT2D eigenvalue weighted by Crippen LogP contribution is 2.17. The molecule has 1 heterocycles. The molecule has 0 aliphatic heterocycles. The molecule has 0 radical (unpaired) electrons. The van der Waals surface area contributed by atoms with E-state index in [4.69, 9.17) is 5.26 Å². The van der Waals surface area contributed by atoms with E-state index in [0.717, 1.165) is 5.69 Å². The van der Waals surface area contributed by atoms with Crippen LogP contribution in [0.3, 0.4) is 0 Å². The van der Waals surface area contributed by atoms with Gasteiger partial charge in [0.25, 0.3) is 5.91 Å². The van der Waals surface area contributed by atoms with E-state index in [2.05, 4.69) is 26.4 Å². The lowest BCUT2D eigenvalue weighted by atomic mass is 10.2. The fourth-order valence-electron chi connectivity index (χ4n) is 2.44. The molecule has 28 heavy (non-hydrogen) atoms. The van der Waals surface area contributed by atoms with Crippen molar-refractivity contribution in [2.24, 2.45) is 0 Å². The second-order valence-corrected chi connectivity index (χ2v) is 5.77. The fourth-order valence-corrected chi connectivity index (χ4v) is 2.44. The Labute approximate surface area is 161 Å². The van der Waals surface area contributed by atoms with E-state index in [1.807, 2.05) is 6.07 Å². The number of hydrogen-bond acceptors (Lipinski definition) is 6. The minimum Gasteiger partial charge on any atom is -0.465 e. The highest BCUT2D eigenvalue weighted by molar-refractivity contribution is 6.03. The maximum absolute atomic E-state index is 12.3. The Kier molecular flexibility index (Phi) is 5.63. The van der Waals surface area contributed by atoms with Crippen LogP contribution >= 0.6 is 0 Å². The molecule has 138 valence electrons. The largest absolute Gasteiger partial charge is 0.465 e. The van der Waals surface area contributed by atoms with Gasteiger partial charge < -0.3 is 15.4 Å². The van der Waals surface area contributed by atoms with Crippen molar-refractivity contribution < 1.29 is 14.3 Å². The van der Waals surface area contributed by atoms with Crippen LogP contribution in [0.5, 0.6) is 0 Å². The van der Waals surface area contributed by atoms with Crippen molar-refractivity contribution in [3.63, 3.8) is 0 Å². The summed E-state index contributed by atoms with van der Waals surface area (Å²) in [6.45, 7) is 0. The van der Waals surface area contributed by atoms with Crippen LogP contribution in [0.15, 0.2) is 66.9 Å². The number of carbonyl (C=O) groups is 2. The normalized spacial score (nSPS) is 9.86. The molecular weight excluding hydrogens is 356 g/mol. The SMILES string of the molecule is COC(=O)c1ccc(NC(=O)c2ccc(Nc3cccc(C#N)c3)cn2)cc1. The van der Waals surface area contributed by atoms with Gasteiger partial charge >= 0.3 is 5.97 Å². The molecule has 0 unspecified atom stereocenters. The molecule has 0 saturated heterocycles. The third-order valence-electron chi connectivity index (χ3n) is 3.84. The average Bonchev–Trinajstić information content (AvgIpc) is 2.74. The van der Waals surface area contributed by atoms with E-state index < -0.39 is 5.97 Å². The summed E-state index contributed by atoms with van der Waals surface area (Å²) in [4.78, 5) is 27.9. The van der Waals surface area contributed by atoms with E-state index in [1.165, 1.54) is 13.3 Å². The number of methoxy groups -OCH3 is 1. The van der Waals surface area contributed by atoms with Gasteiger partial charge in [-0.15, -0.1) is 0 Å². The number of esters is 1. The topological polar surface area (TPSA) is 104 Å². The minimum absolute atomic E-state index is 0.244. The van der Waals surface area contributed by atoms with Gasteiger partial charge in [-0.3, -0.25) is 4.79 Å². The molecule has 1 aromatic heterocycles. The number of anilines is 3. The van der Waals surface area contributed by atoms with Crippen LogP contribution in [-0.4, -0.2) is 24.0 Å². The first-order valence-corrected chi connectivity index (χ1v) is 8.32. The Hall–Kier alpha value is -4.18. The Bertz CT molecular complexity index is 1040. The molecule has 0 aliphatic carbocycles. The van der Waals surface area contributed by atoms with Gasteiger partial charge in [0.1, 0.15) is 5.69 Å². The molecule has 3 aromatic rings.